The number of ether oxygens (including phenoxy) is 1. The van der Waals surface area contributed by atoms with Crippen molar-refractivity contribution >= 4 is 38.6 Å². The van der Waals surface area contributed by atoms with Crippen LogP contribution in [-0.4, -0.2) is 0 Å². The third-order valence-corrected chi connectivity index (χ3v) is 10.1. The van der Waals surface area contributed by atoms with Crippen LogP contribution in [-0.2, 0) is 5.41 Å². The molecule has 2 nitrogen and oxygen atoms in total. The number of nitrogens with zero attached hydrogens (tertiary/aromatic N) is 1. The molecule has 1 aliphatic heterocycles. The molecule has 0 amide bonds. The van der Waals surface area contributed by atoms with Crippen LogP contribution in [0.1, 0.15) is 22.3 Å². The Labute approximate surface area is 273 Å². The standard InChI is InChI=1S/C45H29NO/c1-3-14-33(15-4-1)46(34-16-5-2-6-17-34)35-28-26-30(27-29-35)36-18-11-22-40-44(36)47-41-23-8-7-19-37(41)45(40)38-20-9-12-31-24-25-32-13-10-21-39(45)43(32)42(31)38/h1-29H. The molecule has 2 aliphatic rings. The fourth-order valence-electron chi connectivity index (χ4n) is 8.19. The molecule has 0 atom stereocenters. The summed E-state index contributed by atoms with van der Waals surface area (Å²) in [7, 11) is 0. The van der Waals surface area contributed by atoms with Crippen LogP contribution in [0.25, 0.3) is 32.7 Å². The molecule has 0 aromatic heterocycles. The van der Waals surface area contributed by atoms with Crippen molar-refractivity contribution in [1.82, 2.24) is 0 Å². The largest absolute Gasteiger partial charge is 0.456 e. The lowest BCUT2D eigenvalue weighted by molar-refractivity contribution is 0.438. The molecule has 0 unspecified atom stereocenters. The van der Waals surface area contributed by atoms with Gasteiger partial charge in [0.15, 0.2) is 0 Å². The number of fused-ring (bicyclic) bond motifs is 6. The van der Waals surface area contributed by atoms with Gasteiger partial charge in [0.2, 0.25) is 0 Å². The van der Waals surface area contributed by atoms with Crippen LogP contribution in [0.2, 0.25) is 0 Å². The molecule has 2 heteroatoms. The van der Waals surface area contributed by atoms with Gasteiger partial charge in [-0.1, -0.05) is 133 Å². The van der Waals surface area contributed by atoms with Gasteiger partial charge in [-0.05, 0) is 80.7 Å². The van der Waals surface area contributed by atoms with E-state index in [0.717, 1.165) is 39.7 Å². The summed E-state index contributed by atoms with van der Waals surface area (Å²) in [4.78, 5) is 2.29. The predicted octanol–water partition coefficient (Wildman–Crippen LogP) is 11.9. The van der Waals surface area contributed by atoms with E-state index in [9.17, 15) is 0 Å². The van der Waals surface area contributed by atoms with Gasteiger partial charge in [-0.3, -0.25) is 0 Å². The SMILES string of the molecule is c1ccc(N(c2ccccc2)c2ccc(-c3cccc4c3Oc3ccccc3C43c4cccc5ccc6cccc3c6c45)cc2)cc1. The first-order valence-corrected chi connectivity index (χ1v) is 16.2. The molecule has 0 radical (unpaired) electrons. The Kier molecular flexibility index (Phi) is 5.53. The van der Waals surface area contributed by atoms with Gasteiger partial charge in [-0.25, -0.2) is 0 Å². The van der Waals surface area contributed by atoms with E-state index in [-0.39, 0.29) is 0 Å². The maximum absolute atomic E-state index is 6.95. The molecule has 0 saturated heterocycles. The third-order valence-electron chi connectivity index (χ3n) is 10.1. The first kappa shape index (κ1) is 26.1. The third kappa shape index (κ3) is 3.61. The Hall–Kier alpha value is -6.12. The topological polar surface area (TPSA) is 12.5 Å². The van der Waals surface area contributed by atoms with E-state index >= 15 is 0 Å². The van der Waals surface area contributed by atoms with Crippen LogP contribution >= 0.6 is 0 Å². The van der Waals surface area contributed by atoms with Crippen molar-refractivity contribution in [2.45, 2.75) is 5.41 Å². The smallest absolute Gasteiger partial charge is 0.140 e. The van der Waals surface area contributed by atoms with Gasteiger partial charge in [0, 0.05) is 33.8 Å². The highest BCUT2D eigenvalue weighted by molar-refractivity contribution is 6.16. The first-order valence-electron chi connectivity index (χ1n) is 16.2. The van der Waals surface area contributed by atoms with E-state index in [1.165, 1.54) is 43.8 Å². The van der Waals surface area contributed by atoms with Crippen LogP contribution < -0.4 is 9.64 Å². The Morgan fingerprint density at radius 1 is 0.383 bits per heavy atom. The van der Waals surface area contributed by atoms with Gasteiger partial charge in [0.1, 0.15) is 11.5 Å². The molecular formula is C45H29NO. The molecule has 1 aliphatic carbocycles. The Morgan fingerprint density at radius 2 is 0.894 bits per heavy atom. The summed E-state index contributed by atoms with van der Waals surface area (Å²) in [5, 5.41) is 5.25. The van der Waals surface area contributed by atoms with Crippen molar-refractivity contribution < 1.29 is 4.74 Å². The summed E-state index contributed by atoms with van der Waals surface area (Å²) in [5.74, 6) is 1.83. The molecule has 220 valence electrons. The van der Waals surface area contributed by atoms with E-state index < -0.39 is 5.41 Å². The van der Waals surface area contributed by atoms with Crippen LogP contribution in [0.3, 0.4) is 0 Å². The zero-order valence-electron chi connectivity index (χ0n) is 25.6. The lowest BCUT2D eigenvalue weighted by atomic mass is 9.65. The van der Waals surface area contributed by atoms with E-state index in [1.54, 1.807) is 0 Å². The zero-order valence-corrected chi connectivity index (χ0v) is 25.6. The minimum Gasteiger partial charge on any atom is -0.456 e. The van der Waals surface area contributed by atoms with Gasteiger partial charge in [-0.15, -0.1) is 0 Å². The van der Waals surface area contributed by atoms with Crippen molar-refractivity contribution in [2.24, 2.45) is 0 Å². The summed E-state index contributed by atoms with van der Waals surface area (Å²) in [5.41, 5.74) is 10.1. The average Bonchev–Trinajstić information content (AvgIpc) is 3.44. The highest BCUT2D eigenvalue weighted by Gasteiger charge is 2.50. The van der Waals surface area contributed by atoms with Crippen LogP contribution in [0.5, 0.6) is 11.5 Å². The monoisotopic (exact) mass is 599 g/mol. The molecule has 1 spiro atoms. The van der Waals surface area contributed by atoms with Crippen molar-refractivity contribution in [2.75, 3.05) is 4.90 Å². The predicted molar refractivity (Wildman–Crippen MR) is 194 cm³/mol. The molecule has 47 heavy (non-hydrogen) atoms. The molecular weight excluding hydrogens is 571 g/mol. The van der Waals surface area contributed by atoms with Crippen LogP contribution in [0.4, 0.5) is 17.1 Å². The molecule has 0 N–H and O–H groups in total. The summed E-state index contributed by atoms with van der Waals surface area (Å²) in [6.07, 6.45) is 0. The fraction of sp³-hybridized carbons (Fsp3) is 0.0222. The molecule has 0 bridgehead atoms. The fourth-order valence-corrected chi connectivity index (χ4v) is 8.19. The van der Waals surface area contributed by atoms with Gasteiger partial charge < -0.3 is 9.64 Å². The Balaban J connectivity index is 1.18. The van der Waals surface area contributed by atoms with Gasteiger partial charge in [0.25, 0.3) is 0 Å². The summed E-state index contributed by atoms with van der Waals surface area (Å²) < 4.78 is 6.95. The van der Waals surface area contributed by atoms with Crippen molar-refractivity contribution in [3.63, 3.8) is 0 Å². The maximum Gasteiger partial charge on any atom is 0.140 e. The van der Waals surface area contributed by atoms with Crippen LogP contribution in [0, 0.1) is 0 Å². The second-order valence-corrected chi connectivity index (χ2v) is 12.5. The van der Waals surface area contributed by atoms with E-state index in [4.69, 9.17) is 4.74 Å². The van der Waals surface area contributed by atoms with Crippen molar-refractivity contribution in [3.8, 4) is 22.6 Å². The van der Waals surface area contributed by atoms with Gasteiger partial charge >= 0.3 is 0 Å². The quantitative estimate of drug-likeness (QED) is 0.187. The molecule has 8 aromatic carbocycles. The summed E-state index contributed by atoms with van der Waals surface area (Å²) >= 11 is 0. The maximum atomic E-state index is 6.95. The van der Waals surface area contributed by atoms with E-state index in [1.807, 2.05) is 0 Å². The highest BCUT2D eigenvalue weighted by atomic mass is 16.5. The first-order chi connectivity index (χ1) is 23.3. The minimum atomic E-state index is -0.486. The lowest BCUT2D eigenvalue weighted by Crippen LogP contribution is -2.32. The van der Waals surface area contributed by atoms with Gasteiger partial charge in [-0.2, -0.15) is 0 Å². The number of hydrogen-bond donors (Lipinski definition) is 0. The van der Waals surface area contributed by atoms with Gasteiger partial charge in [0.05, 0.1) is 5.41 Å². The van der Waals surface area contributed by atoms with Crippen LogP contribution in [0.15, 0.2) is 176 Å². The zero-order chi connectivity index (χ0) is 31.0. The average molecular weight is 600 g/mol. The summed E-state index contributed by atoms with van der Waals surface area (Å²) in [6.45, 7) is 0. The van der Waals surface area contributed by atoms with Crippen molar-refractivity contribution in [1.29, 1.82) is 0 Å². The highest BCUT2D eigenvalue weighted by Crippen LogP contribution is 2.62. The number of para-hydroxylation sites is 4. The van der Waals surface area contributed by atoms with Crippen molar-refractivity contribution in [3.05, 3.63) is 198 Å². The normalized spacial score (nSPS) is 13.4. The number of anilines is 3. The molecule has 0 fully saturated rings. The van der Waals surface area contributed by atoms with E-state index in [2.05, 4.69) is 181 Å². The number of hydrogen-bond acceptors (Lipinski definition) is 2. The lowest BCUT2D eigenvalue weighted by Gasteiger charge is -2.40. The summed E-state index contributed by atoms with van der Waals surface area (Å²) in [6, 6.07) is 63.3. The Morgan fingerprint density at radius 3 is 1.53 bits per heavy atom. The molecule has 0 saturated carbocycles. The second-order valence-electron chi connectivity index (χ2n) is 12.5. The number of rotatable bonds is 4. The molecule has 10 rings (SSSR count). The number of benzene rings is 8. The Bertz CT molecular complexity index is 2380. The second kappa shape index (κ2) is 9.94. The minimum absolute atomic E-state index is 0.486. The van der Waals surface area contributed by atoms with E-state index in [0.29, 0.717) is 0 Å². The molecule has 1 heterocycles. The molecule has 8 aromatic rings.